The topological polar surface area (TPSA) is 857 Å². The lowest BCUT2D eigenvalue weighted by Crippen LogP contribution is -2.66. The molecule has 840 valence electrons. The number of aliphatic hydroxyl groups excluding tert-OH is 7. The van der Waals surface area contributed by atoms with Gasteiger partial charge in [0.05, 0.1) is 56.6 Å². The molecule has 5 rings (SSSR count). The SMILES string of the molecule is CC(C)C[C@H](NC(=O)[C@H](C)NC(=O)[C@@H](NC(=O)[C@@H](NC(=O)[C@H](C)NC(=O)[C@H](CO)NC(=O)[C@H](CCCCN)NC(=O)[C@H](CCC(=O)O)NC(=O)[C@H](CCC(=O)O)NC(=O)[C@@H]1CCCN1C(=O)[C@@H](NC(=O)[C@H](CC(C)C)NC(=O)[C@H](Cc1c[nH]cn1)NC(=O)[C@@H](N[C@@]1(CO)O[C@H](CO)[C@@H](O)[C@@H]1O)C(C)C)[C@@H](C)O)C(C)C)[C@@H](C)O)C(=O)N[C@@H](Cc1c[nH]c2ccccc12)C(=O)NCC(=O)N[C@@H](CCCCN)C(=O)N[C@H](C(=O)O)C(C)C. The summed E-state index contributed by atoms with van der Waals surface area (Å²) in [6.07, 6.45) is -6.98. The maximum Gasteiger partial charge on any atom is 0.326 e. The molecule has 2 saturated heterocycles. The number of hydrogen-bond acceptors (Lipinski definition) is 32. The third kappa shape index (κ3) is 39.4. The summed E-state index contributed by atoms with van der Waals surface area (Å²) in [5.41, 5.74) is 10.7. The molecule has 2 aliphatic heterocycles. The number of aliphatic carboxylic acids is 3. The first-order valence-electron chi connectivity index (χ1n) is 50.3. The lowest BCUT2D eigenvalue weighted by Gasteiger charge is -2.36. The van der Waals surface area contributed by atoms with E-state index >= 15 is 0 Å². The van der Waals surface area contributed by atoms with Gasteiger partial charge in [0, 0.05) is 55.5 Å². The molecule has 3 aromatic rings. The Morgan fingerprint density at radius 1 is 0.467 bits per heavy atom. The van der Waals surface area contributed by atoms with Gasteiger partial charge in [0.2, 0.25) is 100 Å². The van der Waals surface area contributed by atoms with Crippen LogP contribution in [-0.2, 0) is 113 Å². The highest BCUT2D eigenvalue weighted by atomic mass is 16.6. The minimum absolute atomic E-state index is 0.0446. The van der Waals surface area contributed by atoms with E-state index in [9.17, 15) is 147 Å². The van der Waals surface area contributed by atoms with Crippen molar-refractivity contribution < 1.29 is 152 Å². The summed E-state index contributed by atoms with van der Waals surface area (Å²) in [6.45, 7) is 17.1. The number of hydrogen-bond donors (Lipinski definition) is 31. The van der Waals surface area contributed by atoms with E-state index in [1.54, 1.807) is 85.9 Å². The lowest BCUT2D eigenvalue weighted by molar-refractivity contribution is -0.153. The van der Waals surface area contributed by atoms with Crippen molar-refractivity contribution in [2.24, 2.45) is 41.1 Å². The van der Waals surface area contributed by atoms with Crippen LogP contribution in [0.15, 0.2) is 43.0 Å². The molecule has 0 bridgehead atoms. The van der Waals surface area contributed by atoms with Gasteiger partial charge in [0.1, 0.15) is 115 Å². The van der Waals surface area contributed by atoms with Crippen molar-refractivity contribution in [2.75, 3.05) is 46.0 Å². The second-order valence-electron chi connectivity index (χ2n) is 39.6. The van der Waals surface area contributed by atoms with Gasteiger partial charge in [-0.1, -0.05) is 87.4 Å². The fourth-order valence-electron chi connectivity index (χ4n) is 16.7. The third-order valence-corrected chi connectivity index (χ3v) is 25.2. The van der Waals surface area contributed by atoms with Crippen LogP contribution >= 0.6 is 0 Å². The number of aromatic nitrogens is 3. The first-order chi connectivity index (χ1) is 70.6. The second kappa shape index (κ2) is 61.9. The van der Waals surface area contributed by atoms with Crippen molar-refractivity contribution in [3.05, 3.63) is 54.2 Å². The maximum absolute atomic E-state index is 14.7. The first-order valence-corrected chi connectivity index (χ1v) is 50.3. The summed E-state index contributed by atoms with van der Waals surface area (Å²) in [7, 11) is 0. The van der Waals surface area contributed by atoms with Gasteiger partial charge >= 0.3 is 17.9 Å². The standard InChI is InChI=1S/C96H155N23O31/c1-45(2)34-62(86(139)111-64(36-54-38-100-57-23-16-15-22-56(54)57)81(134)101-40-69(125)105-58(24-17-19-31-97)85(138)115-74(49(9)10)95(148)149)109-79(132)50(11)104-93(146)75(52(13)123)116-91(144)72(47(5)6)114-80(133)51(12)103-89(142)66(41-120)113-82(135)59(25-18-20-32-98)106-83(136)60(27-29-70(126)127)107-84(137)61(28-30-71(128)129)108-90(143)67-26-21-33-119(67)94(147)76(53(14)124)117-88(141)63(35-46(3)4)110-87(140)65(37-55-39-99-44-102-55)112-92(145)73(48(7)8)118-96(43-122)78(131)77(130)68(42-121)150-96/h15-16,22-23,38-39,44-53,58-68,72-78,100,118,120-124,130-131H,17-21,24-37,40-43,97-98H2,1-14H3,(H,99,102)(H,101,134)(H,103,142)(H,104,146)(H,105,125)(H,106,136)(H,107,137)(H,108,143)(H,109,132)(H,110,140)(H,111,139)(H,112,145)(H,113,135)(H,114,133)(H,115,138)(H,116,144)(H,117,141)(H,126,127)(H,128,129)(H,148,149)/t50-,51-,52+,53+,58-,59-,60-,61-,62-,63-,64-,65-,66-,67-,68+,72-,73-,74-,75-,76-,77+,78-,96-/m0/s1. The normalized spacial score (nSPS) is 19.1. The number of benzene rings is 1. The number of fused-ring (bicyclic) bond motifs is 1. The number of carboxylic acids is 3. The Kier molecular flexibility index (Phi) is 52.6. The molecular weight excluding hydrogens is 1970 g/mol. The van der Waals surface area contributed by atoms with Crippen LogP contribution in [0, 0.1) is 29.6 Å². The molecule has 2 aliphatic rings. The monoisotopic (exact) mass is 2130 g/mol. The Morgan fingerprint density at radius 2 is 0.900 bits per heavy atom. The van der Waals surface area contributed by atoms with Crippen molar-refractivity contribution >= 4 is 129 Å². The van der Waals surface area contributed by atoms with Crippen LogP contribution in [0.4, 0.5) is 0 Å². The molecule has 0 unspecified atom stereocenters. The molecule has 0 saturated carbocycles. The lowest BCUT2D eigenvalue weighted by atomic mass is 9.97. The molecule has 0 aliphatic carbocycles. The number of ether oxygens (including phenoxy) is 1. The summed E-state index contributed by atoms with van der Waals surface area (Å²) in [5, 5.41) is 147. The van der Waals surface area contributed by atoms with Crippen molar-refractivity contribution in [3.63, 3.8) is 0 Å². The Balaban J connectivity index is 1.26. The number of rotatable bonds is 66. The van der Waals surface area contributed by atoms with Gasteiger partial charge in [-0.3, -0.25) is 96.4 Å². The number of H-pyrrole nitrogens is 2. The minimum Gasteiger partial charge on any atom is -0.481 e. The number of para-hydroxylation sites is 1. The number of carboxylic acid groups (broad SMARTS) is 3. The zero-order chi connectivity index (χ0) is 113. The Bertz CT molecular complexity index is 5040. The molecule has 4 heterocycles. The molecule has 0 radical (unpaired) electrons. The zero-order valence-electron chi connectivity index (χ0n) is 87.0. The number of carbonyl (C=O) groups excluding carboxylic acids is 17. The zero-order valence-corrected chi connectivity index (χ0v) is 87.0. The maximum atomic E-state index is 14.7. The van der Waals surface area contributed by atoms with E-state index in [0.29, 0.717) is 29.3 Å². The highest BCUT2D eigenvalue weighted by Crippen LogP contribution is 2.31. The van der Waals surface area contributed by atoms with Gasteiger partial charge in [-0.2, -0.15) is 0 Å². The molecule has 1 aromatic carbocycles. The number of nitrogens with one attached hydrogen (secondary N) is 19. The smallest absolute Gasteiger partial charge is 0.326 e. The van der Waals surface area contributed by atoms with Crippen LogP contribution in [0.2, 0.25) is 0 Å². The highest BCUT2D eigenvalue weighted by molar-refractivity contribution is 6.02. The largest absolute Gasteiger partial charge is 0.481 e. The van der Waals surface area contributed by atoms with Gasteiger partial charge in [-0.15, -0.1) is 0 Å². The van der Waals surface area contributed by atoms with Crippen LogP contribution in [0.1, 0.15) is 198 Å². The number of amides is 17. The molecule has 23 atom stereocenters. The fraction of sp³-hybridized carbons (Fsp3) is 0.677. The van der Waals surface area contributed by atoms with Crippen LogP contribution in [0.25, 0.3) is 10.9 Å². The molecule has 2 aromatic heterocycles. The second-order valence-corrected chi connectivity index (χ2v) is 39.6. The van der Waals surface area contributed by atoms with Gasteiger partial charge in [-0.25, -0.2) is 9.78 Å². The summed E-state index contributed by atoms with van der Waals surface area (Å²) in [4.78, 5) is 289. The summed E-state index contributed by atoms with van der Waals surface area (Å²) in [5.74, 6) is -24.7. The minimum atomic E-state index is -2.18. The Hall–Kier alpha value is -13.1. The Morgan fingerprint density at radius 3 is 1.40 bits per heavy atom. The number of carbonyl (C=O) groups is 20. The number of aromatic amines is 2. The van der Waals surface area contributed by atoms with Crippen molar-refractivity contribution in [1.82, 2.24) is 110 Å². The summed E-state index contributed by atoms with van der Waals surface area (Å²) >= 11 is 0. The highest BCUT2D eigenvalue weighted by Gasteiger charge is 2.56. The summed E-state index contributed by atoms with van der Waals surface area (Å²) in [6, 6.07) is -20.2. The number of nitrogens with two attached hydrogens (primary N) is 2. The van der Waals surface area contributed by atoms with Gasteiger partial charge in [0.25, 0.3) is 0 Å². The number of aliphatic hydroxyl groups is 7. The molecule has 17 amide bonds. The van der Waals surface area contributed by atoms with Gasteiger partial charge < -0.3 is 167 Å². The third-order valence-electron chi connectivity index (χ3n) is 25.2. The molecule has 54 heteroatoms. The van der Waals surface area contributed by atoms with E-state index in [2.05, 4.69) is 105 Å². The van der Waals surface area contributed by atoms with Crippen LogP contribution in [0.3, 0.4) is 0 Å². The molecule has 33 N–H and O–H groups in total. The Labute approximate surface area is 867 Å². The average Bonchev–Trinajstić information content (AvgIpc) is 1.62. The van der Waals surface area contributed by atoms with Crippen molar-refractivity contribution in [1.29, 1.82) is 0 Å². The fourth-order valence-corrected chi connectivity index (χ4v) is 16.7. The number of nitrogens with zero attached hydrogens (tertiary/aromatic N) is 2. The van der Waals surface area contributed by atoms with E-state index < -0.39 is 327 Å². The quantitative estimate of drug-likeness (QED) is 0.0233. The van der Waals surface area contributed by atoms with Crippen LogP contribution in [-0.4, -0.2) is 374 Å². The van der Waals surface area contributed by atoms with Gasteiger partial charge in [0.15, 0.2) is 5.72 Å². The van der Waals surface area contributed by atoms with Crippen molar-refractivity contribution in [2.45, 2.75) is 339 Å². The molecule has 54 nitrogen and oxygen atoms in total. The van der Waals surface area contributed by atoms with Crippen LogP contribution < -0.4 is 102 Å². The van der Waals surface area contributed by atoms with Gasteiger partial charge in [-0.05, 0) is 159 Å². The molecule has 150 heavy (non-hydrogen) atoms. The predicted octanol–water partition coefficient (Wildman–Crippen LogP) is -8.26. The van der Waals surface area contributed by atoms with E-state index in [1.807, 2.05) is 0 Å². The molecular formula is C96H155N23O31. The van der Waals surface area contributed by atoms with E-state index in [-0.39, 0.29) is 101 Å². The van der Waals surface area contributed by atoms with Crippen molar-refractivity contribution in [3.8, 4) is 0 Å². The first kappa shape index (κ1) is 127. The molecule has 2 fully saturated rings. The average molecular weight is 2130 g/mol. The van der Waals surface area contributed by atoms with Crippen LogP contribution in [0.5, 0.6) is 0 Å². The molecule has 0 spiro atoms. The summed E-state index contributed by atoms with van der Waals surface area (Å²) < 4.78 is 5.64. The number of imidazole rings is 1. The van der Waals surface area contributed by atoms with E-state index in [0.717, 1.165) is 25.7 Å². The van der Waals surface area contributed by atoms with E-state index in [1.165, 1.54) is 33.3 Å². The number of likely N-dealkylation sites (tertiary alicyclic amines) is 1. The number of unbranched alkanes of at least 4 members (excludes halogenated alkanes) is 2. The predicted molar refractivity (Wildman–Crippen MR) is 534 cm³/mol. The van der Waals surface area contributed by atoms with E-state index in [4.69, 9.17) is 16.2 Å².